The van der Waals surface area contributed by atoms with Crippen molar-refractivity contribution in [3.05, 3.63) is 54.4 Å². The van der Waals surface area contributed by atoms with Gasteiger partial charge in [0.1, 0.15) is 5.75 Å². The van der Waals surface area contributed by atoms with Crippen molar-refractivity contribution in [2.45, 2.75) is 26.9 Å². The molecule has 0 aliphatic heterocycles. The Morgan fingerprint density at radius 2 is 1.87 bits per heavy atom. The lowest BCUT2D eigenvalue weighted by atomic mass is 10.2. The van der Waals surface area contributed by atoms with Crippen LogP contribution in [0.15, 0.2) is 53.8 Å². The number of nitrogens with zero attached hydrogens (tertiary/aromatic N) is 2. The average Bonchev–Trinajstić information content (AvgIpc) is 3.07. The van der Waals surface area contributed by atoms with Crippen molar-refractivity contribution >= 4 is 5.96 Å². The molecular weight excluding hydrogens is 288 g/mol. The van der Waals surface area contributed by atoms with E-state index in [-0.39, 0.29) is 0 Å². The largest absolute Gasteiger partial charge is 0.494 e. The molecule has 0 atom stereocenters. The molecule has 1 heterocycles. The summed E-state index contributed by atoms with van der Waals surface area (Å²) >= 11 is 0. The predicted octanol–water partition coefficient (Wildman–Crippen LogP) is 2.64. The number of guanidine groups is 1. The van der Waals surface area contributed by atoms with E-state index < -0.39 is 0 Å². The van der Waals surface area contributed by atoms with Gasteiger partial charge in [-0.1, -0.05) is 18.2 Å². The second kappa shape index (κ2) is 9.56. The summed E-state index contributed by atoms with van der Waals surface area (Å²) in [4.78, 5) is 4.65. The maximum atomic E-state index is 5.65. The van der Waals surface area contributed by atoms with Gasteiger partial charge in [0, 0.05) is 37.6 Å². The Labute approximate surface area is 138 Å². The smallest absolute Gasteiger partial charge is 0.191 e. The van der Waals surface area contributed by atoms with E-state index in [0.29, 0.717) is 13.2 Å². The molecule has 2 aromatic rings. The van der Waals surface area contributed by atoms with Crippen LogP contribution in [0.25, 0.3) is 0 Å². The standard InChI is InChI=1S/C18H26N4O/c1-3-19-18(20-11-14-22-12-7-8-13-22)21-15-16-9-5-6-10-17(16)23-4-2/h5-10,12-13H,3-4,11,14-15H2,1-2H3,(H2,19,20,21). The van der Waals surface area contributed by atoms with Gasteiger partial charge in [-0.25, -0.2) is 4.99 Å². The molecule has 1 aromatic heterocycles. The van der Waals surface area contributed by atoms with Gasteiger partial charge < -0.3 is 19.9 Å². The molecule has 23 heavy (non-hydrogen) atoms. The van der Waals surface area contributed by atoms with Crippen LogP contribution in [0, 0.1) is 0 Å². The number of benzene rings is 1. The highest BCUT2D eigenvalue weighted by Crippen LogP contribution is 2.18. The van der Waals surface area contributed by atoms with Crippen molar-refractivity contribution in [2.75, 3.05) is 19.7 Å². The summed E-state index contributed by atoms with van der Waals surface area (Å²) < 4.78 is 7.79. The van der Waals surface area contributed by atoms with Crippen molar-refractivity contribution in [1.29, 1.82) is 0 Å². The van der Waals surface area contributed by atoms with Crippen molar-refractivity contribution < 1.29 is 4.74 Å². The first-order valence-electron chi connectivity index (χ1n) is 8.17. The molecule has 2 N–H and O–H groups in total. The summed E-state index contributed by atoms with van der Waals surface area (Å²) in [6.45, 7) is 7.89. The molecule has 0 amide bonds. The van der Waals surface area contributed by atoms with Crippen LogP contribution in [-0.2, 0) is 13.1 Å². The molecule has 0 radical (unpaired) electrons. The third-order valence-electron chi connectivity index (χ3n) is 3.35. The molecule has 0 spiro atoms. The lowest BCUT2D eigenvalue weighted by Crippen LogP contribution is -2.38. The van der Waals surface area contributed by atoms with Crippen LogP contribution in [0.2, 0.25) is 0 Å². The summed E-state index contributed by atoms with van der Waals surface area (Å²) in [6.07, 6.45) is 4.12. The Morgan fingerprint density at radius 3 is 2.61 bits per heavy atom. The minimum atomic E-state index is 0.592. The van der Waals surface area contributed by atoms with Gasteiger partial charge >= 0.3 is 0 Å². The van der Waals surface area contributed by atoms with E-state index in [9.17, 15) is 0 Å². The number of aliphatic imine (C=N–C) groups is 1. The maximum Gasteiger partial charge on any atom is 0.191 e. The third-order valence-corrected chi connectivity index (χ3v) is 3.35. The number of hydrogen-bond acceptors (Lipinski definition) is 2. The van der Waals surface area contributed by atoms with Crippen molar-refractivity contribution in [2.24, 2.45) is 4.99 Å². The molecule has 0 unspecified atom stereocenters. The third kappa shape index (κ3) is 5.70. The summed E-state index contributed by atoms with van der Waals surface area (Å²) in [5.74, 6) is 1.73. The fourth-order valence-corrected chi connectivity index (χ4v) is 2.26. The molecule has 2 rings (SSSR count). The molecule has 0 saturated carbocycles. The average molecular weight is 314 g/mol. The van der Waals surface area contributed by atoms with E-state index >= 15 is 0 Å². The number of nitrogens with one attached hydrogen (secondary N) is 2. The Bertz CT molecular complexity index is 593. The maximum absolute atomic E-state index is 5.65. The monoisotopic (exact) mass is 314 g/mol. The Balaban J connectivity index is 1.92. The summed E-state index contributed by atoms with van der Waals surface area (Å²) in [5.41, 5.74) is 1.09. The van der Waals surface area contributed by atoms with E-state index in [2.05, 4.69) is 45.6 Å². The highest BCUT2D eigenvalue weighted by molar-refractivity contribution is 5.79. The van der Waals surface area contributed by atoms with Crippen LogP contribution >= 0.6 is 0 Å². The zero-order chi connectivity index (χ0) is 16.3. The predicted molar refractivity (Wildman–Crippen MR) is 94.9 cm³/mol. The molecule has 0 aliphatic carbocycles. The molecule has 0 bridgehead atoms. The van der Waals surface area contributed by atoms with E-state index in [1.54, 1.807) is 0 Å². The van der Waals surface area contributed by atoms with Crippen LogP contribution in [0.1, 0.15) is 19.4 Å². The van der Waals surface area contributed by atoms with Crippen LogP contribution in [-0.4, -0.2) is 30.2 Å². The topological polar surface area (TPSA) is 50.6 Å². The molecular formula is C18H26N4O. The van der Waals surface area contributed by atoms with Gasteiger partial charge in [0.05, 0.1) is 13.2 Å². The molecule has 124 valence electrons. The van der Waals surface area contributed by atoms with E-state index in [4.69, 9.17) is 4.74 Å². The van der Waals surface area contributed by atoms with Gasteiger partial charge in [-0.05, 0) is 32.0 Å². The molecule has 1 aromatic carbocycles. The Morgan fingerprint density at radius 1 is 1.09 bits per heavy atom. The first-order valence-corrected chi connectivity index (χ1v) is 8.17. The number of para-hydroxylation sites is 1. The van der Waals surface area contributed by atoms with Gasteiger partial charge in [-0.3, -0.25) is 0 Å². The first-order chi connectivity index (χ1) is 11.3. The minimum absolute atomic E-state index is 0.592. The zero-order valence-corrected chi connectivity index (χ0v) is 14.0. The molecule has 5 heteroatoms. The second-order valence-electron chi connectivity index (χ2n) is 5.08. The summed E-state index contributed by atoms with van der Waals surface area (Å²) in [6, 6.07) is 12.1. The SMILES string of the molecule is CCNC(=NCc1ccccc1OCC)NCCn1cccc1. The van der Waals surface area contributed by atoms with Gasteiger partial charge in [0.2, 0.25) is 0 Å². The van der Waals surface area contributed by atoms with Gasteiger partial charge in [-0.2, -0.15) is 0 Å². The summed E-state index contributed by atoms with van der Waals surface area (Å²) in [7, 11) is 0. The highest BCUT2D eigenvalue weighted by Gasteiger charge is 2.03. The van der Waals surface area contributed by atoms with Crippen molar-refractivity contribution in [3.63, 3.8) is 0 Å². The number of aromatic nitrogens is 1. The molecule has 0 fully saturated rings. The molecule has 5 nitrogen and oxygen atoms in total. The van der Waals surface area contributed by atoms with Crippen molar-refractivity contribution in [1.82, 2.24) is 15.2 Å². The van der Waals surface area contributed by atoms with Crippen LogP contribution in [0.3, 0.4) is 0 Å². The quantitative estimate of drug-likeness (QED) is 0.582. The lowest BCUT2D eigenvalue weighted by molar-refractivity contribution is 0.336. The lowest BCUT2D eigenvalue weighted by Gasteiger charge is -2.13. The Hall–Kier alpha value is -2.43. The van der Waals surface area contributed by atoms with Gasteiger partial charge in [-0.15, -0.1) is 0 Å². The minimum Gasteiger partial charge on any atom is -0.494 e. The highest BCUT2D eigenvalue weighted by atomic mass is 16.5. The normalized spacial score (nSPS) is 11.3. The van der Waals surface area contributed by atoms with E-state index in [1.807, 2.05) is 37.3 Å². The number of rotatable bonds is 8. The molecule has 0 aliphatic rings. The first kappa shape index (κ1) is 16.9. The van der Waals surface area contributed by atoms with Crippen LogP contribution in [0.5, 0.6) is 5.75 Å². The van der Waals surface area contributed by atoms with E-state index in [0.717, 1.165) is 36.9 Å². The number of hydrogen-bond donors (Lipinski definition) is 2. The van der Waals surface area contributed by atoms with Crippen LogP contribution in [0.4, 0.5) is 0 Å². The van der Waals surface area contributed by atoms with Crippen molar-refractivity contribution in [3.8, 4) is 5.75 Å². The van der Waals surface area contributed by atoms with Crippen LogP contribution < -0.4 is 15.4 Å². The fraction of sp³-hybridized carbons (Fsp3) is 0.389. The van der Waals surface area contributed by atoms with Gasteiger partial charge in [0.25, 0.3) is 0 Å². The van der Waals surface area contributed by atoms with Gasteiger partial charge in [0.15, 0.2) is 5.96 Å². The Kier molecular flexibility index (Phi) is 7.04. The summed E-state index contributed by atoms with van der Waals surface area (Å²) in [5, 5.41) is 6.63. The fourth-order valence-electron chi connectivity index (χ4n) is 2.26. The zero-order valence-electron chi connectivity index (χ0n) is 14.0. The number of ether oxygens (including phenoxy) is 1. The van der Waals surface area contributed by atoms with E-state index in [1.165, 1.54) is 0 Å². The second-order valence-corrected chi connectivity index (χ2v) is 5.08. The molecule has 0 saturated heterocycles.